The molecule has 2 heterocycles. The summed E-state index contributed by atoms with van der Waals surface area (Å²) in [5.74, 6) is 0.686. The van der Waals surface area contributed by atoms with Crippen LogP contribution in [0.25, 0.3) is 0 Å². The van der Waals surface area contributed by atoms with E-state index in [4.69, 9.17) is 0 Å². The second kappa shape index (κ2) is 8.58. The predicted octanol–water partition coefficient (Wildman–Crippen LogP) is 1.59. The molecule has 0 unspecified atom stereocenters. The lowest BCUT2D eigenvalue weighted by molar-refractivity contribution is 0.0949. The predicted molar refractivity (Wildman–Crippen MR) is 98.8 cm³/mol. The average Bonchev–Trinajstić information content (AvgIpc) is 2.69. The van der Waals surface area contributed by atoms with Gasteiger partial charge in [0.2, 0.25) is 0 Å². The third kappa shape index (κ3) is 4.76. The molecule has 1 saturated heterocycles. The Morgan fingerprint density at radius 2 is 1.88 bits per heavy atom. The van der Waals surface area contributed by atoms with Crippen LogP contribution >= 0.6 is 0 Å². The standard InChI is InChI=1S/C19H25N5O/c1-2-23-10-12-24(13-11-23)18-14-17(21-15-22-18)19(25)20-9-8-16-6-4-3-5-7-16/h3-7,14-15H,2,8-13H2,1H3,(H,20,25). The lowest BCUT2D eigenvalue weighted by Gasteiger charge is -2.34. The van der Waals surface area contributed by atoms with Gasteiger partial charge in [-0.05, 0) is 18.5 Å². The molecule has 2 aromatic rings. The number of amides is 1. The number of nitrogens with one attached hydrogen (secondary N) is 1. The van der Waals surface area contributed by atoms with Gasteiger partial charge in [0.25, 0.3) is 5.91 Å². The molecule has 25 heavy (non-hydrogen) atoms. The van der Waals surface area contributed by atoms with Crippen LogP contribution in [0.3, 0.4) is 0 Å². The summed E-state index contributed by atoms with van der Waals surface area (Å²) in [6.45, 7) is 7.76. The molecule has 1 aromatic carbocycles. The summed E-state index contributed by atoms with van der Waals surface area (Å²) >= 11 is 0. The van der Waals surface area contributed by atoms with E-state index in [1.165, 1.54) is 11.9 Å². The summed E-state index contributed by atoms with van der Waals surface area (Å²) < 4.78 is 0. The van der Waals surface area contributed by atoms with Gasteiger partial charge in [0, 0.05) is 38.8 Å². The third-order valence-corrected chi connectivity index (χ3v) is 4.57. The van der Waals surface area contributed by atoms with Gasteiger partial charge in [-0.3, -0.25) is 4.79 Å². The first-order chi connectivity index (χ1) is 12.3. The maximum atomic E-state index is 12.3. The molecule has 1 aliphatic rings. The van der Waals surface area contributed by atoms with Gasteiger partial charge in [0.15, 0.2) is 0 Å². The highest BCUT2D eigenvalue weighted by molar-refractivity contribution is 5.92. The molecule has 0 atom stereocenters. The van der Waals surface area contributed by atoms with E-state index < -0.39 is 0 Å². The van der Waals surface area contributed by atoms with E-state index in [0.717, 1.165) is 45.0 Å². The zero-order chi connectivity index (χ0) is 17.5. The Morgan fingerprint density at radius 3 is 2.60 bits per heavy atom. The van der Waals surface area contributed by atoms with Crippen LogP contribution in [0.2, 0.25) is 0 Å². The van der Waals surface area contributed by atoms with Gasteiger partial charge in [0.05, 0.1) is 0 Å². The van der Waals surface area contributed by atoms with Gasteiger partial charge in [0.1, 0.15) is 17.8 Å². The minimum atomic E-state index is -0.147. The quantitative estimate of drug-likeness (QED) is 0.866. The van der Waals surface area contributed by atoms with Crippen LogP contribution < -0.4 is 10.2 Å². The minimum Gasteiger partial charge on any atom is -0.354 e. The molecule has 1 aliphatic heterocycles. The summed E-state index contributed by atoms with van der Waals surface area (Å²) in [6.07, 6.45) is 2.29. The number of anilines is 1. The van der Waals surface area contributed by atoms with Crippen molar-refractivity contribution in [3.8, 4) is 0 Å². The molecular formula is C19H25N5O. The van der Waals surface area contributed by atoms with Gasteiger partial charge in [-0.2, -0.15) is 0 Å². The van der Waals surface area contributed by atoms with Crippen LogP contribution in [-0.2, 0) is 6.42 Å². The molecule has 0 saturated carbocycles. The molecule has 1 fully saturated rings. The SMILES string of the molecule is CCN1CCN(c2cc(C(=O)NCCc3ccccc3)ncn2)CC1. The number of benzene rings is 1. The maximum Gasteiger partial charge on any atom is 0.270 e. The fourth-order valence-electron chi connectivity index (χ4n) is 2.99. The number of nitrogens with zero attached hydrogens (tertiary/aromatic N) is 4. The first kappa shape index (κ1) is 17.4. The van der Waals surface area contributed by atoms with Gasteiger partial charge >= 0.3 is 0 Å². The Hall–Kier alpha value is -2.47. The molecule has 6 nitrogen and oxygen atoms in total. The molecule has 0 radical (unpaired) electrons. The van der Waals surface area contributed by atoms with E-state index in [9.17, 15) is 4.79 Å². The monoisotopic (exact) mass is 339 g/mol. The minimum absolute atomic E-state index is 0.147. The van der Waals surface area contributed by atoms with Crippen molar-refractivity contribution < 1.29 is 4.79 Å². The van der Waals surface area contributed by atoms with Crippen LogP contribution in [-0.4, -0.2) is 60.0 Å². The summed E-state index contributed by atoms with van der Waals surface area (Å²) in [6, 6.07) is 11.9. The van der Waals surface area contributed by atoms with Crippen LogP contribution in [0.5, 0.6) is 0 Å². The molecule has 0 spiro atoms. The zero-order valence-electron chi connectivity index (χ0n) is 14.7. The normalized spacial score (nSPS) is 15.2. The maximum absolute atomic E-state index is 12.3. The summed E-state index contributed by atoms with van der Waals surface area (Å²) in [4.78, 5) is 25.4. The van der Waals surface area contributed by atoms with Crippen molar-refractivity contribution in [1.29, 1.82) is 0 Å². The number of carbonyl (C=O) groups excluding carboxylic acids is 1. The first-order valence-electron chi connectivity index (χ1n) is 8.87. The topological polar surface area (TPSA) is 61.4 Å². The molecule has 1 aromatic heterocycles. The molecular weight excluding hydrogens is 314 g/mol. The van der Waals surface area contributed by atoms with Crippen molar-refractivity contribution in [2.75, 3.05) is 44.2 Å². The van der Waals surface area contributed by atoms with E-state index in [2.05, 4.69) is 44.1 Å². The second-order valence-corrected chi connectivity index (χ2v) is 6.17. The van der Waals surface area contributed by atoms with E-state index in [0.29, 0.717) is 12.2 Å². The smallest absolute Gasteiger partial charge is 0.270 e. The zero-order valence-corrected chi connectivity index (χ0v) is 14.7. The van der Waals surface area contributed by atoms with E-state index >= 15 is 0 Å². The van der Waals surface area contributed by atoms with Crippen molar-refractivity contribution in [2.24, 2.45) is 0 Å². The third-order valence-electron chi connectivity index (χ3n) is 4.57. The van der Waals surface area contributed by atoms with Crippen LogP contribution in [0, 0.1) is 0 Å². The van der Waals surface area contributed by atoms with Gasteiger partial charge in [-0.1, -0.05) is 37.3 Å². The number of likely N-dealkylation sites (N-methyl/N-ethyl adjacent to an activating group) is 1. The summed E-state index contributed by atoms with van der Waals surface area (Å²) in [5, 5.41) is 2.94. The van der Waals surface area contributed by atoms with Crippen molar-refractivity contribution in [3.05, 3.63) is 54.0 Å². The van der Waals surface area contributed by atoms with Gasteiger partial charge in [-0.15, -0.1) is 0 Å². The summed E-state index contributed by atoms with van der Waals surface area (Å²) in [5.41, 5.74) is 1.64. The largest absolute Gasteiger partial charge is 0.354 e. The number of rotatable bonds is 6. The van der Waals surface area contributed by atoms with Crippen LogP contribution in [0.15, 0.2) is 42.7 Å². The Balaban J connectivity index is 1.54. The molecule has 1 amide bonds. The van der Waals surface area contributed by atoms with Crippen molar-refractivity contribution in [1.82, 2.24) is 20.2 Å². The second-order valence-electron chi connectivity index (χ2n) is 6.17. The first-order valence-corrected chi connectivity index (χ1v) is 8.87. The number of hydrogen-bond donors (Lipinski definition) is 1. The van der Waals surface area contributed by atoms with E-state index in [-0.39, 0.29) is 5.91 Å². The number of aromatic nitrogens is 2. The molecule has 0 bridgehead atoms. The lowest BCUT2D eigenvalue weighted by atomic mass is 10.1. The molecule has 6 heteroatoms. The Kier molecular flexibility index (Phi) is 5.95. The summed E-state index contributed by atoms with van der Waals surface area (Å²) in [7, 11) is 0. The lowest BCUT2D eigenvalue weighted by Crippen LogP contribution is -2.46. The van der Waals surface area contributed by atoms with E-state index in [1.54, 1.807) is 6.07 Å². The molecule has 3 rings (SSSR count). The van der Waals surface area contributed by atoms with Crippen LogP contribution in [0.1, 0.15) is 23.0 Å². The van der Waals surface area contributed by atoms with Gasteiger partial charge < -0.3 is 15.1 Å². The van der Waals surface area contributed by atoms with Crippen molar-refractivity contribution >= 4 is 11.7 Å². The number of piperazine rings is 1. The van der Waals surface area contributed by atoms with Crippen molar-refractivity contribution in [3.63, 3.8) is 0 Å². The Morgan fingerprint density at radius 1 is 1.12 bits per heavy atom. The number of hydrogen-bond acceptors (Lipinski definition) is 5. The fraction of sp³-hybridized carbons (Fsp3) is 0.421. The fourth-order valence-corrected chi connectivity index (χ4v) is 2.99. The average molecular weight is 339 g/mol. The van der Waals surface area contributed by atoms with Gasteiger partial charge in [-0.25, -0.2) is 9.97 Å². The molecule has 1 N–H and O–H groups in total. The van der Waals surface area contributed by atoms with Crippen LogP contribution in [0.4, 0.5) is 5.82 Å². The van der Waals surface area contributed by atoms with Crippen molar-refractivity contribution in [2.45, 2.75) is 13.3 Å². The highest BCUT2D eigenvalue weighted by atomic mass is 16.1. The molecule has 132 valence electrons. The van der Waals surface area contributed by atoms with E-state index in [1.807, 2.05) is 18.2 Å². The Labute approximate surface area is 148 Å². The highest BCUT2D eigenvalue weighted by Crippen LogP contribution is 2.13. The molecule has 0 aliphatic carbocycles. The number of carbonyl (C=O) groups is 1. The highest BCUT2D eigenvalue weighted by Gasteiger charge is 2.18. The Bertz CT molecular complexity index is 683.